The molecule has 2 aromatic heterocycles. The monoisotopic (exact) mass is 298 g/mol. The van der Waals surface area contributed by atoms with Crippen molar-refractivity contribution in [2.45, 2.75) is 45.2 Å². The Kier molecular flexibility index (Phi) is 5.22. The molecule has 0 amide bonds. The Morgan fingerprint density at radius 2 is 2.09 bits per heavy atom. The summed E-state index contributed by atoms with van der Waals surface area (Å²) in [6.45, 7) is 5.82. The average Bonchev–Trinajstić information content (AvgIpc) is 3.08. The summed E-state index contributed by atoms with van der Waals surface area (Å²) in [5.41, 5.74) is 1.38. The molecule has 0 aliphatic carbocycles. The van der Waals surface area contributed by atoms with Gasteiger partial charge >= 0.3 is 0 Å². The number of pyridine rings is 1. The van der Waals surface area contributed by atoms with Crippen LogP contribution in [0.5, 0.6) is 0 Å². The van der Waals surface area contributed by atoms with Crippen molar-refractivity contribution in [1.29, 1.82) is 0 Å². The van der Waals surface area contributed by atoms with Crippen LogP contribution in [-0.2, 0) is 13.0 Å². The maximum absolute atomic E-state index is 4.28. The molecular formula is C18H26N4. The van der Waals surface area contributed by atoms with Gasteiger partial charge in [0.1, 0.15) is 0 Å². The van der Waals surface area contributed by atoms with Crippen LogP contribution in [-0.4, -0.2) is 38.8 Å². The minimum Gasteiger partial charge on any atom is -0.301 e. The Balaban J connectivity index is 1.41. The van der Waals surface area contributed by atoms with Crippen LogP contribution in [0.15, 0.2) is 43.0 Å². The van der Waals surface area contributed by atoms with E-state index in [4.69, 9.17) is 0 Å². The minimum atomic E-state index is 0.642. The summed E-state index contributed by atoms with van der Waals surface area (Å²) < 4.78 is 2.03. The van der Waals surface area contributed by atoms with Gasteiger partial charge in [-0.2, -0.15) is 5.10 Å². The zero-order valence-electron chi connectivity index (χ0n) is 13.4. The second-order valence-electron chi connectivity index (χ2n) is 6.45. The van der Waals surface area contributed by atoms with Gasteiger partial charge in [0, 0.05) is 37.4 Å². The van der Waals surface area contributed by atoms with Gasteiger partial charge in [-0.3, -0.25) is 9.67 Å². The Labute approximate surface area is 133 Å². The molecule has 22 heavy (non-hydrogen) atoms. The smallest absolute Gasteiger partial charge is 0.0489 e. The summed E-state index contributed by atoms with van der Waals surface area (Å²) in [5.74, 6) is 0.818. The molecule has 2 aromatic rings. The van der Waals surface area contributed by atoms with Crippen LogP contribution in [0.4, 0.5) is 0 Å². The summed E-state index contributed by atoms with van der Waals surface area (Å²) in [6, 6.07) is 6.88. The van der Waals surface area contributed by atoms with Crippen LogP contribution >= 0.6 is 0 Å². The molecule has 1 aliphatic rings. The lowest BCUT2D eigenvalue weighted by Gasteiger charge is -2.36. The number of nitrogens with zero attached hydrogens (tertiary/aromatic N) is 4. The fraction of sp³-hybridized carbons (Fsp3) is 0.556. The number of hydrogen-bond donors (Lipinski definition) is 0. The van der Waals surface area contributed by atoms with Crippen LogP contribution in [0, 0.1) is 5.92 Å². The molecule has 1 aliphatic heterocycles. The third kappa shape index (κ3) is 4.17. The summed E-state index contributed by atoms with van der Waals surface area (Å²) in [5, 5.41) is 4.28. The predicted molar refractivity (Wildman–Crippen MR) is 88.5 cm³/mol. The highest BCUT2D eigenvalue weighted by Gasteiger charge is 2.22. The first kappa shape index (κ1) is 15.2. The van der Waals surface area contributed by atoms with Gasteiger partial charge < -0.3 is 4.90 Å². The van der Waals surface area contributed by atoms with Crippen molar-refractivity contribution in [3.05, 3.63) is 48.5 Å². The van der Waals surface area contributed by atoms with Crippen LogP contribution < -0.4 is 0 Å². The molecule has 3 heterocycles. The van der Waals surface area contributed by atoms with Crippen molar-refractivity contribution in [2.24, 2.45) is 5.92 Å². The maximum atomic E-state index is 4.28. The quantitative estimate of drug-likeness (QED) is 0.822. The number of aromatic nitrogens is 3. The highest BCUT2D eigenvalue weighted by molar-refractivity contribution is 5.09. The Bertz CT molecular complexity index is 529. The highest BCUT2D eigenvalue weighted by atomic mass is 15.3. The van der Waals surface area contributed by atoms with E-state index < -0.39 is 0 Å². The fourth-order valence-corrected chi connectivity index (χ4v) is 3.38. The van der Waals surface area contributed by atoms with E-state index >= 15 is 0 Å². The van der Waals surface area contributed by atoms with Crippen molar-refractivity contribution in [3.63, 3.8) is 0 Å². The van der Waals surface area contributed by atoms with E-state index in [1.165, 1.54) is 44.3 Å². The lowest BCUT2D eigenvalue weighted by Crippen LogP contribution is -2.40. The number of piperidine rings is 1. The molecule has 0 unspecified atom stereocenters. The molecule has 0 aromatic carbocycles. The van der Waals surface area contributed by atoms with Gasteiger partial charge in [0.05, 0.1) is 0 Å². The van der Waals surface area contributed by atoms with E-state index in [1.54, 1.807) is 0 Å². The molecule has 4 heteroatoms. The summed E-state index contributed by atoms with van der Waals surface area (Å²) in [4.78, 5) is 6.87. The molecule has 1 fully saturated rings. The summed E-state index contributed by atoms with van der Waals surface area (Å²) >= 11 is 0. The average molecular weight is 298 g/mol. The van der Waals surface area contributed by atoms with Gasteiger partial charge in [-0.25, -0.2) is 0 Å². The van der Waals surface area contributed by atoms with Crippen LogP contribution in [0.2, 0.25) is 0 Å². The molecule has 1 atom stereocenters. The van der Waals surface area contributed by atoms with Gasteiger partial charge in [-0.15, -0.1) is 0 Å². The molecule has 0 bridgehead atoms. The van der Waals surface area contributed by atoms with Gasteiger partial charge in [-0.1, -0.05) is 6.07 Å². The molecule has 4 nitrogen and oxygen atoms in total. The Morgan fingerprint density at radius 1 is 1.23 bits per heavy atom. The number of aryl methyl sites for hydroxylation is 1. The highest BCUT2D eigenvalue weighted by Crippen LogP contribution is 2.23. The maximum Gasteiger partial charge on any atom is 0.0489 e. The molecular weight excluding hydrogens is 272 g/mol. The van der Waals surface area contributed by atoms with E-state index in [0.29, 0.717) is 6.04 Å². The van der Waals surface area contributed by atoms with Crippen molar-refractivity contribution >= 4 is 0 Å². The van der Waals surface area contributed by atoms with E-state index in [1.807, 2.05) is 41.6 Å². The van der Waals surface area contributed by atoms with Crippen LogP contribution in [0.25, 0.3) is 0 Å². The standard InChI is InChI=1S/C18H26N4/c1-16(5-13-22-10-3-9-20-22)21-11-6-17(7-12-21)14-18-4-2-8-19-15-18/h2-4,8-10,15-17H,5-7,11-14H2,1H3/t16-/m0/s1. The van der Waals surface area contributed by atoms with Crippen molar-refractivity contribution < 1.29 is 0 Å². The van der Waals surface area contributed by atoms with E-state index in [9.17, 15) is 0 Å². The number of likely N-dealkylation sites (tertiary alicyclic amines) is 1. The van der Waals surface area contributed by atoms with Crippen molar-refractivity contribution in [1.82, 2.24) is 19.7 Å². The predicted octanol–water partition coefficient (Wildman–Crippen LogP) is 3.01. The molecule has 0 spiro atoms. The minimum absolute atomic E-state index is 0.642. The lowest BCUT2D eigenvalue weighted by atomic mass is 9.90. The number of hydrogen-bond acceptors (Lipinski definition) is 3. The van der Waals surface area contributed by atoms with Crippen molar-refractivity contribution in [2.75, 3.05) is 13.1 Å². The summed E-state index contributed by atoms with van der Waals surface area (Å²) in [7, 11) is 0. The zero-order valence-corrected chi connectivity index (χ0v) is 13.4. The van der Waals surface area contributed by atoms with Crippen molar-refractivity contribution in [3.8, 4) is 0 Å². The van der Waals surface area contributed by atoms with Crippen LogP contribution in [0.3, 0.4) is 0 Å². The Hall–Kier alpha value is -1.68. The second-order valence-corrected chi connectivity index (χ2v) is 6.45. The SMILES string of the molecule is C[C@@H](CCn1cccn1)N1CCC(Cc2cccnc2)CC1. The first-order chi connectivity index (χ1) is 10.8. The normalized spacial score (nSPS) is 18.4. The van der Waals surface area contributed by atoms with E-state index in [0.717, 1.165) is 12.5 Å². The largest absolute Gasteiger partial charge is 0.301 e. The lowest BCUT2D eigenvalue weighted by molar-refractivity contribution is 0.131. The zero-order chi connectivity index (χ0) is 15.2. The summed E-state index contributed by atoms with van der Waals surface area (Å²) in [6.07, 6.45) is 12.7. The van der Waals surface area contributed by atoms with Gasteiger partial charge in [0.25, 0.3) is 0 Å². The molecule has 0 radical (unpaired) electrons. The topological polar surface area (TPSA) is 34.0 Å². The fourth-order valence-electron chi connectivity index (χ4n) is 3.38. The first-order valence-electron chi connectivity index (χ1n) is 8.41. The van der Waals surface area contributed by atoms with Gasteiger partial charge in [0.2, 0.25) is 0 Å². The molecule has 3 rings (SSSR count). The van der Waals surface area contributed by atoms with Gasteiger partial charge in [-0.05, 0) is 69.3 Å². The molecule has 0 saturated carbocycles. The number of rotatable bonds is 6. The first-order valence-corrected chi connectivity index (χ1v) is 8.41. The van der Waals surface area contributed by atoms with Crippen LogP contribution in [0.1, 0.15) is 31.7 Å². The third-order valence-corrected chi connectivity index (χ3v) is 4.85. The third-order valence-electron chi connectivity index (χ3n) is 4.85. The molecule has 0 N–H and O–H groups in total. The Morgan fingerprint density at radius 3 is 2.77 bits per heavy atom. The molecule has 1 saturated heterocycles. The van der Waals surface area contributed by atoms with Gasteiger partial charge in [0.15, 0.2) is 0 Å². The molecule has 118 valence electrons. The van der Waals surface area contributed by atoms with E-state index in [-0.39, 0.29) is 0 Å². The second kappa shape index (κ2) is 7.54. The van der Waals surface area contributed by atoms with E-state index in [2.05, 4.69) is 28.0 Å².